The first-order valence-corrected chi connectivity index (χ1v) is 6.43. The van der Waals surface area contributed by atoms with E-state index in [-0.39, 0.29) is 11.8 Å². The number of nitrogens with two attached hydrogens (primary N) is 1. The molecule has 1 aromatic rings. The summed E-state index contributed by atoms with van der Waals surface area (Å²) in [4.78, 5) is 18.1. The third-order valence-electron chi connectivity index (χ3n) is 3.14. The molecule has 0 saturated carbocycles. The van der Waals surface area contributed by atoms with E-state index >= 15 is 0 Å². The summed E-state index contributed by atoms with van der Waals surface area (Å²) in [6, 6.07) is 5.86. The largest absolute Gasteiger partial charge is 0.340 e. The zero-order chi connectivity index (χ0) is 13.5. The van der Waals surface area contributed by atoms with Crippen LogP contribution in [-0.2, 0) is 11.3 Å². The van der Waals surface area contributed by atoms with Crippen LogP contribution in [0.25, 0.3) is 0 Å². The molecule has 0 fully saturated rings. The van der Waals surface area contributed by atoms with Crippen molar-refractivity contribution in [2.24, 2.45) is 11.7 Å². The Morgan fingerprint density at radius 3 is 2.78 bits per heavy atom. The van der Waals surface area contributed by atoms with Gasteiger partial charge in [0.05, 0.1) is 12.2 Å². The Morgan fingerprint density at radius 2 is 2.22 bits per heavy atom. The Hall–Kier alpha value is -1.42. The molecule has 1 heterocycles. The predicted octanol–water partition coefficient (Wildman–Crippen LogP) is 1.72. The molecular weight excluding hydrogens is 226 g/mol. The molecule has 0 aliphatic heterocycles. The molecular formula is C14H23N3O. The van der Waals surface area contributed by atoms with Crippen LogP contribution >= 0.6 is 0 Å². The minimum absolute atomic E-state index is 0.135. The van der Waals surface area contributed by atoms with Gasteiger partial charge in [-0.25, -0.2) is 0 Å². The van der Waals surface area contributed by atoms with Crippen molar-refractivity contribution < 1.29 is 4.79 Å². The fourth-order valence-corrected chi connectivity index (χ4v) is 1.82. The van der Waals surface area contributed by atoms with Crippen LogP contribution < -0.4 is 5.73 Å². The molecule has 4 nitrogen and oxygen atoms in total. The van der Waals surface area contributed by atoms with E-state index in [4.69, 9.17) is 5.73 Å². The van der Waals surface area contributed by atoms with Crippen LogP contribution in [0.5, 0.6) is 0 Å². The zero-order valence-electron chi connectivity index (χ0n) is 11.5. The summed E-state index contributed by atoms with van der Waals surface area (Å²) in [7, 11) is 1.82. The average molecular weight is 249 g/mol. The van der Waals surface area contributed by atoms with Gasteiger partial charge in [-0.3, -0.25) is 9.78 Å². The molecule has 4 heteroatoms. The molecule has 0 aromatic carbocycles. The first kappa shape index (κ1) is 14.6. The highest BCUT2D eigenvalue weighted by Crippen LogP contribution is 2.10. The smallest absolute Gasteiger partial charge is 0.222 e. The first-order chi connectivity index (χ1) is 8.56. The number of hydrogen-bond donors (Lipinski definition) is 1. The summed E-state index contributed by atoms with van der Waals surface area (Å²) < 4.78 is 0. The van der Waals surface area contributed by atoms with Crippen LogP contribution in [0.2, 0.25) is 0 Å². The summed E-state index contributed by atoms with van der Waals surface area (Å²) in [5, 5.41) is 0. The lowest BCUT2D eigenvalue weighted by molar-refractivity contribution is -0.131. The minimum atomic E-state index is 0.135. The van der Waals surface area contributed by atoms with Crippen LogP contribution in [-0.4, -0.2) is 29.4 Å². The van der Waals surface area contributed by atoms with Crippen LogP contribution in [0, 0.1) is 12.8 Å². The monoisotopic (exact) mass is 249 g/mol. The summed E-state index contributed by atoms with van der Waals surface area (Å²) >= 11 is 0. The van der Waals surface area contributed by atoms with E-state index in [0.29, 0.717) is 19.5 Å². The van der Waals surface area contributed by atoms with Crippen molar-refractivity contribution in [2.75, 3.05) is 13.6 Å². The Labute approximate surface area is 109 Å². The lowest BCUT2D eigenvalue weighted by Gasteiger charge is -2.20. The lowest BCUT2D eigenvalue weighted by Crippen LogP contribution is -2.30. The van der Waals surface area contributed by atoms with Gasteiger partial charge in [0.15, 0.2) is 0 Å². The molecule has 0 spiro atoms. The summed E-state index contributed by atoms with van der Waals surface area (Å²) in [5.41, 5.74) is 7.52. The summed E-state index contributed by atoms with van der Waals surface area (Å²) in [5.74, 6) is 0.418. The van der Waals surface area contributed by atoms with E-state index in [9.17, 15) is 4.79 Å². The van der Waals surface area contributed by atoms with E-state index < -0.39 is 0 Å². The predicted molar refractivity (Wildman–Crippen MR) is 72.9 cm³/mol. The normalized spacial score (nSPS) is 12.2. The second-order valence-corrected chi connectivity index (χ2v) is 4.73. The molecule has 0 aliphatic carbocycles. The van der Waals surface area contributed by atoms with Gasteiger partial charge in [-0.05, 0) is 31.5 Å². The zero-order valence-corrected chi connectivity index (χ0v) is 11.5. The van der Waals surface area contributed by atoms with E-state index in [1.807, 2.05) is 32.2 Å². The van der Waals surface area contributed by atoms with Gasteiger partial charge >= 0.3 is 0 Å². The van der Waals surface area contributed by atoms with Crippen molar-refractivity contribution >= 4 is 5.91 Å². The molecule has 1 atom stereocenters. The summed E-state index contributed by atoms with van der Waals surface area (Å²) in [6.07, 6.45) is 1.47. The van der Waals surface area contributed by atoms with Crippen molar-refractivity contribution in [1.82, 2.24) is 9.88 Å². The number of hydrogen-bond acceptors (Lipinski definition) is 3. The van der Waals surface area contributed by atoms with Crippen molar-refractivity contribution in [3.63, 3.8) is 0 Å². The molecule has 100 valence electrons. The maximum Gasteiger partial charge on any atom is 0.222 e. The van der Waals surface area contributed by atoms with Gasteiger partial charge in [0.25, 0.3) is 0 Å². The number of nitrogens with zero attached hydrogens (tertiary/aromatic N) is 2. The molecule has 18 heavy (non-hydrogen) atoms. The molecule has 1 aromatic heterocycles. The Balaban J connectivity index is 2.54. The third kappa shape index (κ3) is 4.45. The van der Waals surface area contributed by atoms with Crippen molar-refractivity contribution in [1.29, 1.82) is 0 Å². The molecule has 1 amide bonds. The van der Waals surface area contributed by atoms with E-state index in [0.717, 1.165) is 17.8 Å². The standard InChI is InChI=1S/C14H23N3O/c1-4-12(9-15)8-14(18)17(3)10-13-7-5-6-11(2)16-13/h5-7,12H,4,8-10,15H2,1-3H3. The number of aryl methyl sites for hydroxylation is 1. The highest BCUT2D eigenvalue weighted by atomic mass is 16.2. The Bertz CT molecular complexity index is 388. The Morgan fingerprint density at radius 1 is 1.50 bits per heavy atom. The number of amides is 1. The third-order valence-corrected chi connectivity index (χ3v) is 3.14. The maximum atomic E-state index is 12.0. The van der Waals surface area contributed by atoms with Gasteiger partial charge in [0, 0.05) is 19.2 Å². The highest BCUT2D eigenvalue weighted by Gasteiger charge is 2.15. The lowest BCUT2D eigenvalue weighted by atomic mass is 10.0. The van der Waals surface area contributed by atoms with Crippen molar-refractivity contribution in [3.05, 3.63) is 29.6 Å². The topological polar surface area (TPSA) is 59.2 Å². The van der Waals surface area contributed by atoms with Crippen molar-refractivity contribution in [2.45, 2.75) is 33.2 Å². The highest BCUT2D eigenvalue weighted by molar-refractivity contribution is 5.76. The second-order valence-electron chi connectivity index (χ2n) is 4.73. The molecule has 0 aliphatic rings. The minimum Gasteiger partial charge on any atom is -0.340 e. The fourth-order valence-electron chi connectivity index (χ4n) is 1.82. The number of pyridine rings is 1. The van der Waals surface area contributed by atoms with Gasteiger partial charge < -0.3 is 10.6 Å². The molecule has 0 radical (unpaired) electrons. The quantitative estimate of drug-likeness (QED) is 0.835. The number of aromatic nitrogens is 1. The number of carbonyl (C=O) groups is 1. The average Bonchev–Trinajstić information content (AvgIpc) is 2.35. The Kier molecular flexibility index (Phi) is 5.78. The van der Waals surface area contributed by atoms with Gasteiger partial charge in [-0.2, -0.15) is 0 Å². The molecule has 0 saturated heterocycles. The van der Waals surface area contributed by atoms with Gasteiger partial charge in [0.2, 0.25) is 5.91 Å². The van der Waals surface area contributed by atoms with Crippen LogP contribution in [0.4, 0.5) is 0 Å². The van der Waals surface area contributed by atoms with Gasteiger partial charge in [-0.15, -0.1) is 0 Å². The SMILES string of the molecule is CCC(CN)CC(=O)N(C)Cc1cccc(C)n1. The number of carbonyl (C=O) groups excluding carboxylic acids is 1. The second kappa shape index (κ2) is 7.11. The maximum absolute atomic E-state index is 12.0. The molecule has 0 bridgehead atoms. The van der Waals surface area contributed by atoms with Crippen LogP contribution in [0.3, 0.4) is 0 Å². The fraction of sp³-hybridized carbons (Fsp3) is 0.571. The van der Waals surface area contributed by atoms with E-state index in [1.165, 1.54) is 0 Å². The van der Waals surface area contributed by atoms with Gasteiger partial charge in [0.1, 0.15) is 0 Å². The van der Waals surface area contributed by atoms with Crippen LogP contribution in [0.15, 0.2) is 18.2 Å². The summed E-state index contributed by atoms with van der Waals surface area (Å²) in [6.45, 7) is 5.14. The van der Waals surface area contributed by atoms with E-state index in [1.54, 1.807) is 4.90 Å². The molecule has 1 unspecified atom stereocenters. The first-order valence-electron chi connectivity index (χ1n) is 6.43. The van der Waals surface area contributed by atoms with Crippen molar-refractivity contribution in [3.8, 4) is 0 Å². The number of rotatable bonds is 6. The van der Waals surface area contributed by atoms with Gasteiger partial charge in [-0.1, -0.05) is 19.4 Å². The van der Waals surface area contributed by atoms with Crippen LogP contribution in [0.1, 0.15) is 31.2 Å². The molecule has 1 rings (SSSR count). The molecule has 2 N–H and O–H groups in total. The van der Waals surface area contributed by atoms with E-state index in [2.05, 4.69) is 11.9 Å².